The number of anilines is 2. The lowest BCUT2D eigenvalue weighted by molar-refractivity contribution is -0.117. The maximum Gasteiger partial charge on any atom is 0.254 e. The Kier molecular flexibility index (Phi) is 6.12. The van der Waals surface area contributed by atoms with E-state index in [4.69, 9.17) is 0 Å². The average Bonchev–Trinajstić information content (AvgIpc) is 3.23. The molecule has 1 aromatic carbocycles. The minimum Gasteiger partial charge on any atom is -0.355 e. The van der Waals surface area contributed by atoms with E-state index in [0.29, 0.717) is 56.0 Å². The summed E-state index contributed by atoms with van der Waals surface area (Å²) in [6.07, 6.45) is 3.17. The van der Waals surface area contributed by atoms with E-state index in [1.165, 1.54) is 0 Å². The molecule has 0 radical (unpaired) electrons. The number of rotatable bonds is 4. The molecule has 2 saturated heterocycles. The van der Waals surface area contributed by atoms with Crippen LogP contribution in [0.5, 0.6) is 0 Å². The van der Waals surface area contributed by atoms with Gasteiger partial charge in [-0.1, -0.05) is 6.07 Å². The highest BCUT2D eigenvalue weighted by Gasteiger charge is 2.28. The molecule has 2 aliphatic rings. The Morgan fingerprint density at radius 2 is 1.75 bits per heavy atom. The van der Waals surface area contributed by atoms with Crippen molar-refractivity contribution in [2.75, 3.05) is 49.6 Å². The molecular formula is C24H29N5O3. The van der Waals surface area contributed by atoms with Crippen LogP contribution in [-0.2, 0) is 4.79 Å². The number of nitrogens with one attached hydrogen (secondary N) is 1. The van der Waals surface area contributed by atoms with Crippen molar-refractivity contribution >= 4 is 29.2 Å². The average molecular weight is 436 g/mol. The molecule has 0 unspecified atom stereocenters. The third kappa shape index (κ3) is 4.17. The molecule has 8 nitrogen and oxygen atoms in total. The molecule has 0 atom stereocenters. The van der Waals surface area contributed by atoms with Crippen LogP contribution in [-0.4, -0.2) is 67.4 Å². The number of aryl methyl sites for hydroxylation is 2. The minimum absolute atomic E-state index is 0.0445. The Morgan fingerprint density at radius 3 is 2.38 bits per heavy atom. The van der Waals surface area contributed by atoms with Gasteiger partial charge in [-0.25, -0.2) is 4.98 Å². The topological polar surface area (TPSA) is 85.8 Å². The molecule has 0 bridgehead atoms. The fourth-order valence-corrected chi connectivity index (χ4v) is 4.46. The third-order valence-electron chi connectivity index (χ3n) is 6.14. The maximum absolute atomic E-state index is 13.3. The van der Waals surface area contributed by atoms with Crippen molar-refractivity contribution < 1.29 is 14.4 Å². The number of benzene rings is 1. The van der Waals surface area contributed by atoms with Crippen LogP contribution in [0.2, 0.25) is 0 Å². The predicted octanol–water partition coefficient (Wildman–Crippen LogP) is 2.15. The fraction of sp³-hybridized carbons (Fsp3) is 0.417. The van der Waals surface area contributed by atoms with Crippen LogP contribution in [0.15, 0.2) is 30.5 Å². The molecule has 3 heterocycles. The summed E-state index contributed by atoms with van der Waals surface area (Å²) in [5.74, 6) is 0.493. The Morgan fingerprint density at radius 1 is 1.00 bits per heavy atom. The van der Waals surface area contributed by atoms with Gasteiger partial charge in [-0.15, -0.1) is 0 Å². The van der Waals surface area contributed by atoms with Gasteiger partial charge in [0.25, 0.3) is 11.8 Å². The van der Waals surface area contributed by atoms with E-state index in [1.54, 1.807) is 35.0 Å². The van der Waals surface area contributed by atoms with E-state index in [9.17, 15) is 14.4 Å². The second-order valence-corrected chi connectivity index (χ2v) is 8.39. The highest BCUT2D eigenvalue weighted by Crippen LogP contribution is 2.26. The predicted molar refractivity (Wildman–Crippen MR) is 123 cm³/mol. The van der Waals surface area contributed by atoms with Gasteiger partial charge in [0.1, 0.15) is 5.82 Å². The molecule has 1 N–H and O–H groups in total. The molecule has 2 fully saturated rings. The number of hydrogen-bond acceptors (Lipinski definition) is 5. The van der Waals surface area contributed by atoms with Gasteiger partial charge in [-0.2, -0.15) is 0 Å². The smallest absolute Gasteiger partial charge is 0.254 e. The fourth-order valence-electron chi connectivity index (χ4n) is 4.46. The molecule has 0 spiro atoms. The summed E-state index contributed by atoms with van der Waals surface area (Å²) < 4.78 is 0. The Labute approximate surface area is 188 Å². The number of nitrogens with zero attached hydrogens (tertiary/aromatic N) is 4. The third-order valence-corrected chi connectivity index (χ3v) is 6.14. The molecule has 3 amide bonds. The number of amides is 3. The van der Waals surface area contributed by atoms with Crippen LogP contribution in [0.1, 0.15) is 44.7 Å². The number of carbonyl (C=O) groups is 3. The van der Waals surface area contributed by atoms with E-state index < -0.39 is 0 Å². The zero-order chi connectivity index (χ0) is 22.8. The van der Waals surface area contributed by atoms with Gasteiger partial charge in [0.05, 0.1) is 11.1 Å². The number of aromatic nitrogens is 1. The van der Waals surface area contributed by atoms with Gasteiger partial charge in [-0.3, -0.25) is 14.4 Å². The lowest BCUT2D eigenvalue weighted by Gasteiger charge is -2.36. The molecule has 2 aliphatic heterocycles. The van der Waals surface area contributed by atoms with Crippen LogP contribution in [0.3, 0.4) is 0 Å². The Bertz CT molecular complexity index is 1060. The van der Waals surface area contributed by atoms with E-state index in [-0.39, 0.29) is 17.7 Å². The number of piperazine rings is 1. The van der Waals surface area contributed by atoms with E-state index >= 15 is 0 Å². The van der Waals surface area contributed by atoms with Crippen molar-refractivity contribution in [1.82, 2.24) is 15.2 Å². The molecular weight excluding hydrogens is 406 g/mol. The Hall–Kier alpha value is -3.42. The number of carbonyl (C=O) groups excluding carboxylic acids is 3. The van der Waals surface area contributed by atoms with Crippen molar-refractivity contribution in [3.63, 3.8) is 0 Å². The quantitative estimate of drug-likeness (QED) is 0.795. The van der Waals surface area contributed by atoms with Gasteiger partial charge in [-0.05, 0) is 49.6 Å². The summed E-state index contributed by atoms with van der Waals surface area (Å²) in [6, 6.07) is 7.21. The summed E-state index contributed by atoms with van der Waals surface area (Å²) >= 11 is 0. The summed E-state index contributed by atoms with van der Waals surface area (Å²) in [7, 11) is 1.54. The molecule has 0 aliphatic carbocycles. The standard InChI is InChI=1S/C24H29N5O3/c1-16-13-17(2)22(26-15-16)27-9-11-28(12-10-27)24(32)19-7-6-18(14-20(19)23(31)25-3)29-8-4-5-21(29)30/h6-7,13-15H,4-5,8-12H2,1-3H3,(H,25,31). The van der Waals surface area contributed by atoms with Crippen molar-refractivity contribution in [1.29, 1.82) is 0 Å². The normalized spacial score (nSPS) is 16.5. The van der Waals surface area contributed by atoms with Crippen LogP contribution >= 0.6 is 0 Å². The summed E-state index contributed by atoms with van der Waals surface area (Å²) in [5, 5.41) is 2.62. The van der Waals surface area contributed by atoms with Crippen molar-refractivity contribution in [2.24, 2.45) is 0 Å². The highest BCUT2D eigenvalue weighted by atomic mass is 16.2. The van der Waals surface area contributed by atoms with Crippen LogP contribution in [0.25, 0.3) is 0 Å². The van der Waals surface area contributed by atoms with Gasteiger partial charge in [0.15, 0.2) is 0 Å². The van der Waals surface area contributed by atoms with Crippen molar-refractivity contribution in [3.05, 3.63) is 52.7 Å². The van der Waals surface area contributed by atoms with Gasteiger partial charge >= 0.3 is 0 Å². The molecule has 8 heteroatoms. The monoisotopic (exact) mass is 435 g/mol. The highest BCUT2D eigenvalue weighted by molar-refractivity contribution is 6.08. The summed E-state index contributed by atoms with van der Waals surface area (Å²) in [6.45, 7) is 7.16. The van der Waals surface area contributed by atoms with Gasteiger partial charge in [0.2, 0.25) is 5.91 Å². The minimum atomic E-state index is -0.333. The maximum atomic E-state index is 13.3. The second-order valence-electron chi connectivity index (χ2n) is 8.39. The first kappa shape index (κ1) is 21.8. The Balaban J connectivity index is 1.52. The largest absolute Gasteiger partial charge is 0.355 e. The van der Waals surface area contributed by atoms with Crippen LogP contribution in [0, 0.1) is 13.8 Å². The molecule has 0 saturated carbocycles. The summed E-state index contributed by atoms with van der Waals surface area (Å²) in [5.41, 5.74) is 3.57. The SMILES string of the molecule is CNC(=O)c1cc(N2CCCC2=O)ccc1C(=O)N1CCN(c2ncc(C)cc2C)CC1. The molecule has 4 rings (SSSR count). The number of hydrogen-bond donors (Lipinski definition) is 1. The van der Waals surface area contributed by atoms with Gasteiger partial charge in [0, 0.05) is 58.1 Å². The van der Waals surface area contributed by atoms with Crippen molar-refractivity contribution in [2.45, 2.75) is 26.7 Å². The number of pyridine rings is 1. The van der Waals surface area contributed by atoms with Crippen LogP contribution < -0.4 is 15.1 Å². The zero-order valence-corrected chi connectivity index (χ0v) is 18.9. The van der Waals surface area contributed by atoms with Gasteiger partial charge < -0.3 is 20.0 Å². The van der Waals surface area contributed by atoms with E-state index in [1.807, 2.05) is 13.1 Å². The van der Waals surface area contributed by atoms with E-state index in [0.717, 1.165) is 23.4 Å². The van der Waals surface area contributed by atoms with E-state index in [2.05, 4.69) is 28.2 Å². The first-order valence-corrected chi connectivity index (χ1v) is 11.0. The lowest BCUT2D eigenvalue weighted by Crippen LogP contribution is -2.49. The molecule has 2 aromatic rings. The molecule has 168 valence electrons. The molecule has 1 aromatic heterocycles. The molecule has 32 heavy (non-hydrogen) atoms. The first-order valence-electron chi connectivity index (χ1n) is 11.0. The second kappa shape index (κ2) is 8.98. The van der Waals surface area contributed by atoms with Crippen molar-refractivity contribution in [3.8, 4) is 0 Å². The lowest BCUT2D eigenvalue weighted by atomic mass is 10.0. The van der Waals surface area contributed by atoms with Crippen LogP contribution in [0.4, 0.5) is 11.5 Å². The summed E-state index contributed by atoms with van der Waals surface area (Å²) in [4.78, 5) is 48.2. The zero-order valence-electron chi connectivity index (χ0n) is 18.9. The first-order chi connectivity index (χ1) is 15.4.